The second-order valence-corrected chi connectivity index (χ2v) is 4.53. The molecule has 0 aliphatic rings. The van der Waals surface area contributed by atoms with Crippen LogP contribution in [-0.2, 0) is 0 Å². The molecule has 0 fully saturated rings. The van der Waals surface area contributed by atoms with Crippen LogP contribution in [-0.4, -0.2) is 4.98 Å². The van der Waals surface area contributed by atoms with Crippen LogP contribution in [0.1, 0.15) is 0 Å². The molecule has 0 aliphatic heterocycles. The molecule has 0 saturated heterocycles. The topological polar surface area (TPSA) is 15.8 Å². The Hall–Kier alpha value is -1.54. The van der Waals surface area contributed by atoms with Crippen LogP contribution in [0.15, 0.2) is 59.2 Å². The van der Waals surface area contributed by atoms with Crippen LogP contribution in [0, 0.1) is 0 Å². The highest BCUT2D eigenvalue weighted by Gasteiger charge is 2.06. The Labute approximate surface area is 102 Å². The minimum absolute atomic E-state index is 1.14. The van der Waals surface area contributed by atoms with Gasteiger partial charge in [0.25, 0.3) is 0 Å². The second kappa shape index (κ2) is 3.80. The summed E-state index contributed by atoms with van der Waals surface area (Å²) in [6.45, 7) is 0. The van der Waals surface area contributed by atoms with Crippen molar-refractivity contribution in [2.45, 2.75) is 0 Å². The molecule has 1 heterocycles. The number of benzene rings is 2. The molecular weight excluding hydrogens is 262 g/mol. The molecule has 0 amide bonds. The van der Waals surface area contributed by atoms with Crippen LogP contribution in [0.25, 0.3) is 22.0 Å². The van der Waals surface area contributed by atoms with E-state index in [9.17, 15) is 0 Å². The molecule has 1 nitrogen and oxygen atoms in total. The maximum atomic E-state index is 3.68. The molecule has 1 N–H and O–H groups in total. The summed E-state index contributed by atoms with van der Waals surface area (Å²) in [4.78, 5) is 3.23. The number of hydrogen-bond acceptors (Lipinski definition) is 0. The predicted octanol–water partition coefficient (Wildman–Crippen LogP) is 4.60. The molecule has 0 spiro atoms. The van der Waals surface area contributed by atoms with Gasteiger partial charge in [-0.05, 0) is 38.8 Å². The quantitative estimate of drug-likeness (QED) is 0.666. The largest absolute Gasteiger partial charge is 0.361 e. The number of H-pyrrole nitrogens is 1. The van der Waals surface area contributed by atoms with E-state index in [0.717, 1.165) is 10.2 Å². The van der Waals surface area contributed by atoms with Gasteiger partial charge in [-0.3, -0.25) is 0 Å². The fraction of sp³-hybridized carbons (Fsp3) is 0. The Morgan fingerprint density at radius 1 is 0.875 bits per heavy atom. The summed E-state index contributed by atoms with van der Waals surface area (Å²) in [6.07, 6.45) is 1.94. The van der Waals surface area contributed by atoms with E-state index < -0.39 is 0 Å². The zero-order chi connectivity index (χ0) is 11.0. The number of aromatic amines is 1. The van der Waals surface area contributed by atoms with Crippen molar-refractivity contribution in [2.75, 3.05) is 0 Å². The summed E-state index contributed by atoms with van der Waals surface area (Å²) in [6, 6.07) is 16.7. The van der Waals surface area contributed by atoms with Crippen LogP contribution in [0.2, 0.25) is 0 Å². The van der Waals surface area contributed by atoms with Gasteiger partial charge in [0.05, 0.1) is 0 Å². The zero-order valence-corrected chi connectivity index (χ0v) is 10.2. The van der Waals surface area contributed by atoms with Gasteiger partial charge in [0.2, 0.25) is 0 Å². The monoisotopic (exact) mass is 271 g/mol. The Morgan fingerprint density at radius 2 is 1.75 bits per heavy atom. The van der Waals surface area contributed by atoms with Crippen molar-refractivity contribution in [1.82, 2.24) is 4.98 Å². The average molecular weight is 272 g/mol. The lowest BCUT2D eigenvalue weighted by molar-refractivity contribution is 1.40. The van der Waals surface area contributed by atoms with E-state index >= 15 is 0 Å². The van der Waals surface area contributed by atoms with Crippen LogP contribution in [0.3, 0.4) is 0 Å². The fourth-order valence-electron chi connectivity index (χ4n) is 1.94. The van der Waals surface area contributed by atoms with Gasteiger partial charge in [0.15, 0.2) is 0 Å². The highest BCUT2D eigenvalue weighted by Crippen LogP contribution is 2.33. The van der Waals surface area contributed by atoms with Gasteiger partial charge in [-0.2, -0.15) is 0 Å². The van der Waals surface area contributed by atoms with Gasteiger partial charge in [0.1, 0.15) is 0 Å². The highest BCUT2D eigenvalue weighted by molar-refractivity contribution is 9.10. The summed E-state index contributed by atoms with van der Waals surface area (Å²) in [7, 11) is 0. The van der Waals surface area contributed by atoms with E-state index in [2.05, 4.69) is 63.4 Å². The van der Waals surface area contributed by atoms with Gasteiger partial charge in [0, 0.05) is 21.9 Å². The number of nitrogens with one attached hydrogen (secondary N) is 1. The van der Waals surface area contributed by atoms with Crippen molar-refractivity contribution in [3.63, 3.8) is 0 Å². The summed E-state index contributed by atoms with van der Waals surface area (Å²) < 4.78 is 1.15. The third-order valence-electron chi connectivity index (χ3n) is 2.75. The lowest BCUT2D eigenvalue weighted by Gasteiger charge is -2.06. The van der Waals surface area contributed by atoms with E-state index in [-0.39, 0.29) is 0 Å². The molecule has 0 bridgehead atoms. The third-order valence-corrected chi connectivity index (χ3v) is 3.61. The number of halogens is 1. The minimum atomic E-state index is 1.14. The first-order valence-corrected chi connectivity index (χ1v) is 5.96. The first-order valence-electron chi connectivity index (χ1n) is 5.17. The molecule has 2 heteroatoms. The lowest BCUT2D eigenvalue weighted by Crippen LogP contribution is -1.82. The number of aromatic nitrogens is 1. The Bertz CT molecular complexity index is 626. The van der Waals surface area contributed by atoms with E-state index in [1.807, 2.05) is 12.3 Å². The summed E-state index contributed by atoms with van der Waals surface area (Å²) >= 11 is 3.68. The van der Waals surface area contributed by atoms with Crippen LogP contribution in [0.4, 0.5) is 0 Å². The number of fused-ring (bicyclic) bond motifs is 1. The molecule has 3 aromatic rings. The lowest BCUT2D eigenvalue weighted by atomic mass is 10.1. The summed E-state index contributed by atoms with van der Waals surface area (Å²) in [5, 5.41) is 2.50. The standard InChI is InChI=1S/C14H10BrN/c15-14-11-5-2-1-4-10(11)7-8-12(14)13-6-3-9-16-13/h1-9,16H. The summed E-state index contributed by atoms with van der Waals surface area (Å²) in [5.41, 5.74) is 2.33. The molecule has 3 rings (SSSR count). The van der Waals surface area contributed by atoms with Crippen LogP contribution < -0.4 is 0 Å². The maximum absolute atomic E-state index is 3.68. The summed E-state index contributed by atoms with van der Waals surface area (Å²) in [5.74, 6) is 0. The third kappa shape index (κ3) is 1.46. The molecule has 78 valence electrons. The normalized spacial score (nSPS) is 10.8. The van der Waals surface area contributed by atoms with Crippen molar-refractivity contribution < 1.29 is 0 Å². The minimum Gasteiger partial charge on any atom is -0.361 e. The van der Waals surface area contributed by atoms with Gasteiger partial charge >= 0.3 is 0 Å². The van der Waals surface area contributed by atoms with Gasteiger partial charge in [-0.1, -0.05) is 36.4 Å². The van der Waals surface area contributed by atoms with Gasteiger partial charge < -0.3 is 4.98 Å². The molecule has 0 atom stereocenters. The SMILES string of the molecule is Brc1c(-c2ccc[nH]2)ccc2ccccc12. The van der Waals surface area contributed by atoms with Crippen molar-refractivity contribution in [2.24, 2.45) is 0 Å². The molecule has 16 heavy (non-hydrogen) atoms. The van der Waals surface area contributed by atoms with Crippen LogP contribution >= 0.6 is 15.9 Å². The molecule has 0 saturated carbocycles. The molecule has 0 radical (unpaired) electrons. The van der Waals surface area contributed by atoms with E-state index in [1.165, 1.54) is 16.3 Å². The van der Waals surface area contributed by atoms with Crippen molar-refractivity contribution in [3.8, 4) is 11.3 Å². The van der Waals surface area contributed by atoms with Crippen molar-refractivity contribution >= 4 is 26.7 Å². The smallest absolute Gasteiger partial charge is 0.0465 e. The first-order chi connectivity index (χ1) is 7.86. The predicted molar refractivity (Wildman–Crippen MR) is 71.4 cm³/mol. The number of rotatable bonds is 1. The molecule has 2 aromatic carbocycles. The molecule has 0 unspecified atom stereocenters. The second-order valence-electron chi connectivity index (χ2n) is 3.73. The molecule has 1 aromatic heterocycles. The Kier molecular flexibility index (Phi) is 2.29. The van der Waals surface area contributed by atoms with Gasteiger partial charge in [-0.25, -0.2) is 0 Å². The number of hydrogen-bond donors (Lipinski definition) is 1. The van der Waals surface area contributed by atoms with Crippen LogP contribution in [0.5, 0.6) is 0 Å². The maximum Gasteiger partial charge on any atom is 0.0465 e. The Morgan fingerprint density at radius 3 is 2.56 bits per heavy atom. The highest BCUT2D eigenvalue weighted by atomic mass is 79.9. The van der Waals surface area contributed by atoms with E-state index in [4.69, 9.17) is 0 Å². The fourth-order valence-corrected chi connectivity index (χ4v) is 2.65. The van der Waals surface area contributed by atoms with Crippen molar-refractivity contribution in [3.05, 3.63) is 59.2 Å². The van der Waals surface area contributed by atoms with E-state index in [1.54, 1.807) is 0 Å². The first kappa shape index (κ1) is 9.67. The van der Waals surface area contributed by atoms with Crippen molar-refractivity contribution in [1.29, 1.82) is 0 Å². The van der Waals surface area contributed by atoms with Gasteiger partial charge in [-0.15, -0.1) is 0 Å². The molecule has 0 aliphatic carbocycles. The zero-order valence-electron chi connectivity index (χ0n) is 8.57. The Balaban J connectivity index is 2.32. The molecular formula is C14H10BrN. The average Bonchev–Trinajstić information content (AvgIpc) is 2.83. The van der Waals surface area contributed by atoms with E-state index in [0.29, 0.717) is 0 Å².